The third-order valence-corrected chi connectivity index (χ3v) is 4.99. The number of nitrogens with two attached hydrogens (primary N) is 1. The van der Waals surface area contributed by atoms with Crippen molar-refractivity contribution < 1.29 is 0 Å². The first-order valence-corrected chi connectivity index (χ1v) is 7.79. The fourth-order valence-electron chi connectivity index (χ4n) is 3.41. The van der Waals surface area contributed by atoms with Gasteiger partial charge in [-0.1, -0.05) is 13.8 Å². The Labute approximate surface area is 117 Å². The minimum absolute atomic E-state index is 0.352. The number of rotatable bonds is 5. The summed E-state index contributed by atoms with van der Waals surface area (Å²) in [5, 5.41) is 0. The first-order valence-electron chi connectivity index (χ1n) is 7.79. The molecule has 108 valence electrons. The molecule has 1 heterocycles. The lowest BCUT2D eigenvalue weighted by Gasteiger charge is -2.34. The zero-order valence-electron chi connectivity index (χ0n) is 12.7. The standard InChI is InChI=1S/C16H29N3/c1-12(2)13-4-6-14(7-5-13)15(17)8-9-16-18-10-11-19(16)3/h10-15H,4-9,17H2,1-3H3. The van der Waals surface area contributed by atoms with Crippen LogP contribution in [0.5, 0.6) is 0 Å². The highest BCUT2D eigenvalue weighted by Crippen LogP contribution is 2.35. The lowest BCUT2D eigenvalue weighted by molar-refractivity contribution is 0.199. The van der Waals surface area contributed by atoms with Crippen LogP contribution in [0.4, 0.5) is 0 Å². The molecule has 1 atom stereocenters. The van der Waals surface area contributed by atoms with E-state index in [1.807, 2.05) is 12.4 Å². The van der Waals surface area contributed by atoms with Crippen LogP contribution in [-0.2, 0) is 13.5 Å². The monoisotopic (exact) mass is 263 g/mol. The zero-order valence-corrected chi connectivity index (χ0v) is 12.7. The van der Waals surface area contributed by atoms with Crippen LogP contribution in [0, 0.1) is 17.8 Å². The number of aryl methyl sites for hydroxylation is 2. The Balaban J connectivity index is 1.75. The summed E-state index contributed by atoms with van der Waals surface area (Å²) in [7, 11) is 2.06. The molecule has 0 aliphatic heterocycles. The molecule has 1 aromatic rings. The Kier molecular flexibility index (Phi) is 5.03. The first-order chi connectivity index (χ1) is 9.08. The van der Waals surface area contributed by atoms with Gasteiger partial charge < -0.3 is 10.3 Å². The number of hydrogen-bond acceptors (Lipinski definition) is 2. The minimum Gasteiger partial charge on any atom is -0.338 e. The zero-order chi connectivity index (χ0) is 13.8. The summed E-state index contributed by atoms with van der Waals surface area (Å²) in [6.07, 6.45) is 11.4. The van der Waals surface area contributed by atoms with Gasteiger partial charge in [0.15, 0.2) is 0 Å². The molecule has 2 rings (SSSR count). The van der Waals surface area contributed by atoms with Crippen molar-refractivity contribution in [2.45, 2.75) is 58.4 Å². The van der Waals surface area contributed by atoms with Gasteiger partial charge in [-0.2, -0.15) is 0 Å². The fourth-order valence-corrected chi connectivity index (χ4v) is 3.41. The highest BCUT2D eigenvalue weighted by atomic mass is 15.0. The third-order valence-electron chi connectivity index (χ3n) is 4.99. The predicted octanol–water partition coefficient (Wildman–Crippen LogP) is 3.14. The van der Waals surface area contributed by atoms with Gasteiger partial charge in [0.05, 0.1) is 0 Å². The van der Waals surface area contributed by atoms with Gasteiger partial charge in [-0.05, 0) is 49.9 Å². The van der Waals surface area contributed by atoms with Crippen molar-refractivity contribution in [1.29, 1.82) is 0 Å². The topological polar surface area (TPSA) is 43.8 Å². The summed E-state index contributed by atoms with van der Waals surface area (Å²) in [5.74, 6) is 3.66. The fraction of sp³-hybridized carbons (Fsp3) is 0.812. The Bertz CT molecular complexity index is 375. The summed E-state index contributed by atoms with van der Waals surface area (Å²) in [6.45, 7) is 4.71. The molecule has 1 unspecified atom stereocenters. The molecule has 1 aromatic heterocycles. The van der Waals surface area contributed by atoms with E-state index in [-0.39, 0.29) is 0 Å². The number of aromatic nitrogens is 2. The maximum Gasteiger partial charge on any atom is 0.108 e. The first kappa shape index (κ1) is 14.6. The molecule has 1 aliphatic carbocycles. The van der Waals surface area contributed by atoms with Gasteiger partial charge in [0.25, 0.3) is 0 Å². The molecule has 0 saturated heterocycles. The van der Waals surface area contributed by atoms with Crippen molar-refractivity contribution in [1.82, 2.24) is 9.55 Å². The summed E-state index contributed by atoms with van der Waals surface area (Å²) in [5.41, 5.74) is 6.40. The third kappa shape index (κ3) is 3.82. The van der Waals surface area contributed by atoms with Gasteiger partial charge in [0.2, 0.25) is 0 Å². The molecule has 0 amide bonds. The van der Waals surface area contributed by atoms with E-state index in [0.29, 0.717) is 6.04 Å². The SMILES string of the molecule is CC(C)C1CCC(C(N)CCc2nccn2C)CC1. The average molecular weight is 263 g/mol. The molecular weight excluding hydrogens is 234 g/mol. The number of imidazole rings is 1. The Morgan fingerprint density at radius 2 is 1.89 bits per heavy atom. The highest BCUT2D eigenvalue weighted by Gasteiger charge is 2.26. The molecule has 0 bridgehead atoms. The summed E-state index contributed by atoms with van der Waals surface area (Å²) in [4.78, 5) is 4.38. The lowest BCUT2D eigenvalue weighted by Crippen LogP contribution is -2.34. The van der Waals surface area contributed by atoms with Crippen LogP contribution in [0.3, 0.4) is 0 Å². The smallest absolute Gasteiger partial charge is 0.108 e. The lowest BCUT2D eigenvalue weighted by atomic mass is 9.74. The van der Waals surface area contributed by atoms with Crippen molar-refractivity contribution in [2.75, 3.05) is 0 Å². The van der Waals surface area contributed by atoms with Gasteiger partial charge in [0.1, 0.15) is 5.82 Å². The summed E-state index contributed by atoms with van der Waals surface area (Å²) < 4.78 is 2.10. The molecule has 3 nitrogen and oxygen atoms in total. The van der Waals surface area contributed by atoms with Crippen molar-refractivity contribution in [3.63, 3.8) is 0 Å². The van der Waals surface area contributed by atoms with Crippen LogP contribution >= 0.6 is 0 Å². The van der Waals surface area contributed by atoms with Crippen LogP contribution in [0.25, 0.3) is 0 Å². The molecule has 1 aliphatic rings. The Hall–Kier alpha value is -0.830. The second-order valence-corrected chi connectivity index (χ2v) is 6.58. The van der Waals surface area contributed by atoms with Gasteiger partial charge in [0, 0.05) is 31.9 Å². The van der Waals surface area contributed by atoms with Gasteiger partial charge in [-0.3, -0.25) is 0 Å². The molecule has 2 N–H and O–H groups in total. The number of hydrogen-bond donors (Lipinski definition) is 1. The van der Waals surface area contributed by atoms with E-state index in [1.165, 1.54) is 25.7 Å². The van der Waals surface area contributed by atoms with E-state index in [9.17, 15) is 0 Å². The molecular formula is C16H29N3. The average Bonchev–Trinajstić information content (AvgIpc) is 2.81. The summed E-state index contributed by atoms with van der Waals surface area (Å²) >= 11 is 0. The molecule has 1 fully saturated rings. The minimum atomic E-state index is 0.352. The summed E-state index contributed by atoms with van der Waals surface area (Å²) in [6, 6.07) is 0.352. The molecule has 0 spiro atoms. The second kappa shape index (κ2) is 6.56. The Morgan fingerprint density at radius 3 is 2.42 bits per heavy atom. The maximum atomic E-state index is 6.40. The molecule has 1 saturated carbocycles. The molecule has 0 aromatic carbocycles. The van der Waals surface area contributed by atoms with E-state index < -0.39 is 0 Å². The molecule has 19 heavy (non-hydrogen) atoms. The number of nitrogens with zero attached hydrogens (tertiary/aromatic N) is 2. The maximum absolute atomic E-state index is 6.40. The highest BCUT2D eigenvalue weighted by molar-refractivity contribution is 4.92. The van der Waals surface area contributed by atoms with Crippen molar-refractivity contribution >= 4 is 0 Å². The van der Waals surface area contributed by atoms with Crippen LogP contribution in [0.1, 0.15) is 51.8 Å². The van der Waals surface area contributed by atoms with Crippen molar-refractivity contribution in [3.05, 3.63) is 18.2 Å². The van der Waals surface area contributed by atoms with Gasteiger partial charge in [-0.25, -0.2) is 4.98 Å². The largest absolute Gasteiger partial charge is 0.338 e. The Morgan fingerprint density at radius 1 is 1.26 bits per heavy atom. The van der Waals surface area contributed by atoms with Gasteiger partial charge >= 0.3 is 0 Å². The van der Waals surface area contributed by atoms with Crippen molar-refractivity contribution in [2.24, 2.45) is 30.5 Å². The van der Waals surface area contributed by atoms with Gasteiger partial charge in [-0.15, -0.1) is 0 Å². The van der Waals surface area contributed by atoms with Crippen molar-refractivity contribution in [3.8, 4) is 0 Å². The van der Waals surface area contributed by atoms with Crippen LogP contribution in [0.2, 0.25) is 0 Å². The molecule has 3 heteroatoms. The quantitative estimate of drug-likeness (QED) is 0.887. The van der Waals surface area contributed by atoms with E-state index in [1.54, 1.807) is 0 Å². The van der Waals surface area contributed by atoms with E-state index in [0.717, 1.165) is 36.4 Å². The predicted molar refractivity (Wildman–Crippen MR) is 79.8 cm³/mol. The van der Waals surface area contributed by atoms with E-state index in [4.69, 9.17) is 5.73 Å². The second-order valence-electron chi connectivity index (χ2n) is 6.58. The normalized spacial score (nSPS) is 25.7. The van der Waals surface area contributed by atoms with E-state index in [2.05, 4.69) is 30.4 Å². The van der Waals surface area contributed by atoms with Crippen LogP contribution in [-0.4, -0.2) is 15.6 Å². The van der Waals surface area contributed by atoms with E-state index >= 15 is 0 Å². The van der Waals surface area contributed by atoms with Crippen LogP contribution in [0.15, 0.2) is 12.4 Å². The molecule has 0 radical (unpaired) electrons. The van der Waals surface area contributed by atoms with Crippen LogP contribution < -0.4 is 5.73 Å².